The van der Waals surface area contributed by atoms with Gasteiger partial charge in [0.1, 0.15) is 5.92 Å². The molecule has 0 saturated carbocycles. The Labute approximate surface area is 67.4 Å². The van der Waals surface area contributed by atoms with E-state index in [0.717, 1.165) is 0 Å². The molecule has 3 heteroatoms. The molecule has 1 amide bonds. The van der Waals surface area contributed by atoms with E-state index in [2.05, 4.69) is 5.32 Å². The summed E-state index contributed by atoms with van der Waals surface area (Å²) in [5, 5.41) is 11.0. The molecule has 0 aromatic heterocycles. The highest BCUT2D eigenvalue weighted by molar-refractivity contribution is 5.80. The fraction of sp³-hybridized carbons (Fsp3) is 0.750. The first-order valence-electron chi connectivity index (χ1n) is 3.75. The Morgan fingerprint density at radius 3 is 2.45 bits per heavy atom. The number of carbonyl (C=O) groups excluding carboxylic acids is 1. The van der Waals surface area contributed by atoms with E-state index in [0.29, 0.717) is 12.5 Å². The minimum Gasteiger partial charge on any atom is -0.355 e. The number of carbonyl (C=O) groups is 1. The minimum atomic E-state index is -0.534. The summed E-state index contributed by atoms with van der Waals surface area (Å²) < 4.78 is 0. The first-order chi connectivity index (χ1) is 5.07. The van der Waals surface area contributed by atoms with Crippen LogP contribution in [0, 0.1) is 23.2 Å². The molecule has 0 bridgehead atoms. The van der Waals surface area contributed by atoms with E-state index < -0.39 is 5.92 Å². The van der Waals surface area contributed by atoms with Crippen LogP contribution in [0.3, 0.4) is 0 Å². The zero-order valence-corrected chi connectivity index (χ0v) is 7.22. The number of nitrogens with one attached hydrogen (secondary N) is 1. The highest BCUT2D eigenvalue weighted by atomic mass is 16.1. The number of hydrogen-bond donors (Lipinski definition) is 1. The zero-order valence-electron chi connectivity index (χ0n) is 7.22. The number of nitriles is 1. The number of amides is 1. The lowest BCUT2D eigenvalue weighted by Crippen LogP contribution is -2.31. The Bertz CT molecular complexity index is 169. The van der Waals surface area contributed by atoms with E-state index in [9.17, 15) is 4.79 Å². The van der Waals surface area contributed by atoms with Crippen molar-refractivity contribution in [1.29, 1.82) is 5.26 Å². The van der Waals surface area contributed by atoms with E-state index in [1.54, 1.807) is 6.92 Å². The maximum absolute atomic E-state index is 10.9. The molecule has 0 heterocycles. The second-order valence-electron chi connectivity index (χ2n) is 2.99. The molecule has 0 aliphatic rings. The molecule has 0 aliphatic carbocycles. The van der Waals surface area contributed by atoms with Crippen molar-refractivity contribution < 1.29 is 4.79 Å². The molecule has 0 aliphatic heterocycles. The largest absolute Gasteiger partial charge is 0.355 e. The molecule has 0 radical (unpaired) electrons. The number of nitrogens with zero attached hydrogens (tertiary/aromatic N) is 1. The Kier molecular flexibility index (Phi) is 4.28. The SMILES string of the molecule is CC(C)CNC(=O)C(C)C#N. The van der Waals surface area contributed by atoms with Gasteiger partial charge in [0.15, 0.2) is 0 Å². The van der Waals surface area contributed by atoms with Gasteiger partial charge in [-0.3, -0.25) is 4.79 Å². The summed E-state index contributed by atoms with van der Waals surface area (Å²) in [5.74, 6) is -0.278. The first kappa shape index (κ1) is 9.96. The van der Waals surface area contributed by atoms with Gasteiger partial charge in [0.05, 0.1) is 6.07 Å². The molecule has 62 valence electrons. The molecule has 0 aromatic rings. The van der Waals surface area contributed by atoms with Crippen LogP contribution < -0.4 is 5.32 Å². The predicted molar refractivity (Wildman–Crippen MR) is 42.6 cm³/mol. The maximum atomic E-state index is 10.9. The summed E-state index contributed by atoms with van der Waals surface area (Å²) in [5.41, 5.74) is 0. The Morgan fingerprint density at radius 1 is 1.55 bits per heavy atom. The summed E-state index contributed by atoms with van der Waals surface area (Å²) >= 11 is 0. The highest BCUT2D eigenvalue weighted by Crippen LogP contribution is 1.93. The third-order valence-electron chi connectivity index (χ3n) is 1.27. The quantitative estimate of drug-likeness (QED) is 0.657. The van der Waals surface area contributed by atoms with Gasteiger partial charge >= 0.3 is 0 Å². The van der Waals surface area contributed by atoms with Gasteiger partial charge in [-0.2, -0.15) is 5.26 Å². The summed E-state index contributed by atoms with van der Waals surface area (Å²) in [7, 11) is 0. The monoisotopic (exact) mass is 154 g/mol. The topological polar surface area (TPSA) is 52.9 Å². The lowest BCUT2D eigenvalue weighted by molar-refractivity contribution is -0.123. The molecule has 0 spiro atoms. The number of hydrogen-bond acceptors (Lipinski definition) is 2. The van der Waals surface area contributed by atoms with Gasteiger partial charge in [0.25, 0.3) is 0 Å². The minimum absolute atomic E-state index is 0.179. The van der Waals surface area contributed by atoms with E-state index in [1.807, 2.05) is 19.9 Å². The molecule has 1 unspecified atom stereocenters. The fourth-order valence-electron chi connectivity index (χ4n) is 0.516. The van der Waals surface area contributed by atoms with Crippen LogP contribution in [-0.4, -0.2) is 12.5 Å². The molecule has 3 nitrogen and oxygen atoms in total. The molecule has 1 N–H and O–H groups in total. The van der Waals surface area contributed by atoms with Gasteiger partial charge in [-0.05, 0) is 12.8 Å². The molecule has 0 saturated heterocycles. The standard InChI is InChI=1S/C8H14N2O/c1-6(2)5-10-8(11)7(3)4-9/h6-7H,5H2,1-3H3,(H,10,11). The van der Waals surface area contributed by atoms with Crippen molar-refractivity contribution in [3.05, 3.63) is 0 Å². The Morgan fingerprint density at radius 2 is 2.09 bits per heavy atom. The van der Waals surface area contributed by atoms with Crippen LogP contribution in [0.1, 0.15) is 20.8 Å². The summed E-state index contributed by atoms with van der Waals surface area (Å²) in [6, 6.07) is 1.88. The molecule has 0 rings (SSSR count). The van der Waals surface area contributed by atoms with Crippen molar-refractivity contribution in [2.75, 3.05) is 6.54 Å². The third-order valence-corrected chi connectivity index (χ3v) is 1.27. The second kappa shape index (κ2) is 4.73. The third kappa shape index (κ3) is 4.38. The molecular weight excluding hydrogens is 140 g/mol. The fourth-order valence-corrected chi connectivity index (χ4v) is 0.516. The van der Waals surface area contributed by atoms with Gasteiger partial charge < -0.3 is 5.32 Å². The van der Waals surface area contributed by atoms with Crippen molar-refractivity contribution in [3.8, 4) is 6.07 Å². The Balaban J connectivity index is 3.63. The zero-order chi connectivity index (χ0) is 8.85. The van der Waals surface area contributed by atoms with Crippen LogP contribution in [0.2, 0.25) is 0 Å². The average molecular weight is 154 g/mol. The molecule has 11 heavy (non-hydrogen) atoms. The number of rotatable bonds is 3. The first-order valence-corrected chi connectivity index (χ1v) is 3.75. The van der Waals surface area contributed by atoms with Crippen LogP contribution in [0.5, 0.6) is 0 Å². The molecule has 1 atom stereocenters. The van der Waals surface area contributed by atoms with Crippen molar-refractivity contribution in [1.82, 2.24) is 5.32 Å². The van der Waals surface area contributed by atoms with Crippen molar-refractivity contribution >= 4 is 5.91 Å². The van der Waals surface area contributed by atoms with Gasteiger partial charge in [-0.25, -0.2) is 0 Å². The van der Waals surface area contributed by atoms with E-state index in [-0.39, 0.29) is 5.91 Å². The summed E-state index contributed by atoms with van der Waals surface area (Å²) in [6.07, 6.45) is 0. The molecular formula is C8H14N2O. The van der Waals surface area contributed by atoms with Crippen molar-refractivity contribution in [2.45, 2.75) is 20.8 Å². The van der Waals surface area contributed by atoms with Gasteiger partial charge in [0, 0.05) is 6.54 Å². The van der Waals surface area contributed by atoms with Gasteiger partial charge in [-0.1, -0.05) is 13.8 Å². The summed E-state index contributed by atoms with van der Waals surface area (Å²) in [6.45, 7) is 6.26. The van der Waals surface area contributed by atoms with Crippen molar-refractivity contribution in [3.63, 3.8) is 0 Å². The van der Waals surface area contributed by atoms with Crippen LogP contribution in [0.15, 0.2) is 0 Å². The van der Waals surface area contributed by atoms with Gasteiger partial charge in [0.2, 0.25) is 5.91 Å². The van der Waals surface area contributed by atoms with Crippen molar-refractivity contribution in [2.24, 2.45) is 11.8 Å². The van der Waals surface area contributed by atoms with Crippen LogP contribution in [0.25, 0.3) is 0 Å². The highest BCUT2D eigenvalue weighted by Gasteiger charge is 2.10. The smallest absolute Gasteiger partial charge is 0.237 e. The van der Waals surface area contributed by atoms with E-state index >= 15 is 0 Å². The average Bonchev–Trinajstić information content (AvgIpc) is 1.98. The molecule has 0 aromatic carbocycles. The predicted octanol–water partition coefficient (Wildman–Crippen LogP) is 0.918. The van der Waals surface area contributed by atoms with Crippen LogP contribution in [0.4, 0.5) is 0 Å². The lowest BCUT2D eigenvalue weighted by atomic mass is 10.2. The lowest BCUT2D eigenvalue weighted by Gasteiger charge is -2.07. The van der Waals surface area contributed by atoms with E-state index in [4.69, 9.17) is 5.26 Å². The Hall–Kier alpha value is -1.04. The summed E-state index contributed by atoms with van der Waals surface area (Å²) in [4.78, 5) is 10.9. The normalized spacial score (nSPS) is 12.3. The maximum Gasteiger partial charge on any atom is 0.237 e. The van der Waals surface area contributed by atoms with Gasteiger partial charge in [-0.15, -0.1) is 0 Å². The van der Waals surface area contributed by atoms with E-state index in [1.165, 1.54) is 0 Å². The second-order valence-corrected chi connectivity index (χ2v) is 2.99. The van der Waals surface area contributed by atoms with Crippen LogP contribution >= 0.6 is 0 Å². The van der Waals surface area contributed by atoms with Crippen LogP contribution in [-0.2, 0) is 4.79 Å². The molecule has 0 fully saturated rings.